The van der Waals surface area contributed by atoms with Gasteiger partial charge in [0.05, 0.1) is 34.2 Å². The van der Waals surface area contributed by atoms with Crippen LogP contribution < -0.4 is 0 Å². The van der Waals surface area contributed by atoms with Gasteiger partial charge in [-0.1, -0.05) is 60.7 Å². The molecule has 5 nitrogen and oxygen atoms in total. The number of hydrogen-bond donors (Lipinski definition) is 0. The number of furan rings is 1. The van der Waals surface area contributed by atoms with Crippen molar-refractivity contribution < 1.29 is 12.8 Å². The van der Waals surface area contributed by atoms with Gasteiger partial charge >= 0.3 is 0 Å². The van der Waals surface area contributed by atoms with E-state index in [1.807, 2.05) is 66.7 Å². The first-order valence-electron chi connectivity index (χ1n) is 14.8. The zero-order chi connectivity index (χ0) is 30.3. The van der Waals surface area contributed by atoms with Crippen molar-refractivity contribution in [2.24, 2.45) is 0 Å². The number of benzene rings is 6. The van der Waals surface area contributed by atoms with Gasteiger partial charge in [-0.05, 0) is 94.0 Å². The second-order valence-electron chi connectivity index (χ2n) is 11.8. The summed E-state index contributed by atoms with van der Waals surface area (Å²) in [6, 6.07) is 42.6. The van der Waals surface area contributed by atoms with Crippen molar-refractivity contribution in [3.8, 4) is 34.0 Å². The van der Waals surface area contributed by atoms with E-state index in [-0.39, 0.29) is 11.5 Å². The lowest BCUT2D eigenvalue weighted by molar-refractivity contribution is 0.595. The maximum atomic E-state index is 13.4. The average molecular weight is 601 g/mol. The number of fused-ring (bicyclic) bond motifs is 9. The van der Waals surface area contributed by atoms with Crippen LogP contribution in [0.2, 0.25) is 0 Å². The zero-order valence-corrected chi connectivity index (χ0v) is 24.8. The maximum Gasteiger partial charge on any atom is 0.158 e. The van der Waals surface area contributed by atoms with Crippen LogP contribution in [0.3, 0.4) is 0 Å². The molecule has 2 aromatic heterocycles. The number of para-hydroxylation sites is 2. The Morgan fingerprint density at radius 1 is 0.600 bits per heavy atom. The van der Waals surface area contributed by atoms with Crippen molar-refractivity contribution in [3.63, 3.8) is 0 Å². The van der Waals surface area contributed by atoms with Crippen LogP contribution in [0.1, 0.15) is 16.7 Å². The Kier molecular flexibility index (Phi) is 5.41. The van der Waals surface area contributed by atoms with E-state index < -0.39 is 9.84 Å². The van der Waals surface area contributed by atoms with Crippen LogP contribution in [0.5, 0.6) is 0 Å². The Morgan fingerprint density at radius 2 is 1.33 bits per heavy atom. The minimum absolute atomic E-state index is 0.0123. The van der Waals surface area contributed by atoms with Gasteiger partial charge in [-0.2, -0.15) is 5.26 Å². The molecule has 0 atom stereocenters. The molecule has 0 fully saturated rings. The predicted octanol–water partition coefficient (Wildman–Crippen LogP) is 9.32. The predicted molar refractivity (Wildman–Crippen MR) is 180 cm³/mol. The van der Waals surface area contributed by atoms with Crippen LogP contribution in [0.15, 0.2) is 126 Å². The highest BCUT2D eigenvalue weighted by molar-refractivity contribution is 7.89. The van der Waals surface area contributed by atoms with Gasteiger partial charge in [-0.3, -0.25) is 0 Å². The molecule has 1 aliphatic heterocycles. The van der Waals surface area contributed by atoms with Gasteiger partial charge in [0.1, 0.15) is 11.2 Å². The summed E-state index contributed by atoms with van der Waals surface area (Å²) in [4.78, 5) is 0. The molecule has 8 aromatic rings. The van der Waals surface area contributed by atoms with Gasteiger partial charge in [0.2, 0.25) is 0 Å². The van der Waals surface area contributed by atoms with Crippen molar-refractivity contribution in [2.45, 2.75) is 11.5 Å². The second kappa shape index (κ2) is 9.43. The summed E-state index contributed by atoms with van der Waals surface area (Å²) in [7, 11) is -3.41. The summed E-state index contributed by atoms with van der Waals surface area (Å²) in [6.45, 7) is 0. The molecule has 0 saturated heterocycles. The Bertz CT molecular complexity index is 2690. The maximum absolute atomic E-state index is 13.4. The molecular weight excluding hydrogens is 577 g/mol. The summed E-state index contributed by atoms with van der Waals surface area (Å²) in [6.07, 6.45) is 0. The van der Waals surface area contributed by atoms with Crippen LogP contribution in [-0.4, -0.2) is 13.0 Å². The minimum atomic E-state index is -3.41. The second-order valence-corrected chi connectivity index (χ2v) is 13.8. The van der Waals surface area contributed by atoms with Crippen LogP contribution in [0.4, 0.5) is 0 Å². The highest BCUT2D eigenvalue weighted by Gasteiger charge is 2.25. The molecule has 3 heterocycles. The van der Waals surface area contributed by atoms with E-state index in [2.05, 4.69) is 65.2 Å². The van der Waals surface area contributed by atoms with Crippen LogP contribution in [-0.2, 0) is 21.3 Å². The van der Waals surface area contributed by atoms with E-state index in [0.29, 0.717) is 5.56 Å². The fourth-order valence-corrected chi connectivity index (χ4v) is 8.53. The quantitative estimate of drug-likeness (QED) is 0.198. The average Bonchev–Trinajstić information content (AvgIpc) is 3.56. The molecule has 0 amide bonds. The number of nitrogens with zero attached hydrogens (tertiary/aromatic N) is 2. The number of rotatable bonds is 2. The summed E-state index contributed by atoms with van der Waals surface area (Å²) in [5.74, 6) is -0.0532. The van der Waals surface area contributed by atoms with E-state index in [4.69, 9.17) is 4.42 Å². The number of hydrogen-bond acceptors (Lipinski definition) is 4. The van der Waals surface area contributed by atoms with Crippen molar-refractivity contribution in [2.75, 3.05) is 0 Å². The van der Waals surface area contributed by atoms with Gasteiger partial charge < -0.3 is 8.98 Å². The van der Waals surface area contributed by atoms with E-state index in [1.54, 1.807) is 0 Å². The lowest BCUT2D eigenvalue weighted by Crippen LogP contribution is -2.06. The van der Waals surface area contributed by atoms with Crippen molar-refractivity contribution >= 4 is 53.6 Å². The highest BCUT2D eigenvalue weighted by Crippen LogP contribution is 2.40. The third-order valence-electron chi connectivity index (χ3n) is 9.01. The molecule has 0 bridgehead atoms. The van der Waals surface area contributed by atoms with Crippen molar-refractivity contribution in [1.82, 2.24) is 4.57 Å². The molecule has 6 heteroatoms. The lowest BCUT2D eigenvalue weighted by atomic mass is 9.92. The largest absolute Gasteiger partial charge is 0.456 e. The molecule has 1 aliphatic rings. The smallest absolute Gasteiger partial charge is 0.158 e. The molecule has 0 unspecified atom stereocenters. The van der Waals surface area contributed by atoms with E-state index in [1.165, 1.54) is 0 Å². The SMILES string of the molecule is N#Cc1ccc2c(c1)c1ccccc1n2-c1ccc2c(c1)CS(=O)(=O)Cc1ccc(-c3ccc4c(c3)oc3ccccc34)cc1-2. The van der Waals surface area contributed by atoms with Gasteiger partial charge in [0, 0.05) is 27.2 Å². The monoisotopic (exact) mass is 600 g/mol. The van der Waals surface area contributed by atoms with Gasteiger partial charge in [-0.15, -0.1) is 0 Å². The minimum Gasteiger partial charge on any atom is -0.456 e. The number of aromatic nitrogens is 1. The Hall–Kier alpha value is -5.64. The Morgan fingerprint density at radius 3 is 2.22 bits per heavy atom. The normalized spacial score (nSPS) is 13.9. The van der Waals surface area contributed by atoms with Crippen molar-refractivity contribution in [3.05, 3.63) is 138 Å². The number of sulfone groups is 1. The first-order chi connectivity index (χ1) is 22.0. The molecule has 0 radical (unpaired) electrons. The van der Waals surface area contributed by atoms with E-state index >= 15 is 0 Å². The van der Waals surface area contributed by atoms with Crippen LogP contribution in [0.25, 0.3) is 71.7 Å². The molecular formula is C39H24N2O3S. The third kappa shape index (κ3) is 4.02. The molecule has 45 heavy (non-hydrogen) atoms. The zero-order valence-electron chi connectivity index (χ0n) is 24.0. The molecule has 214 valence electrons. The molecule has 6 aromatic carbocycles. The fraction of sp³-hybridized carbons (Fsp3) is 0.0513. The Balaban J connectivity index is 1.22. The summed E-state index contributed by atoms with van der Waals surface area (Å²) in [5, 5.41) is 13.7. The molecule has 0 aliphatic carbocycles. The standard InChI is InChI=1S/C39H24N2O3S/c40-21-24-9-16-37-35(17-24)31-5-1-3-7-36(31)41(37)29-13-15-30-28(18-29)23-45(42,43)22-27-11-10-25(19-34(27)30)26-12-14-33-32-6-2-4-8-38(32)44-39(33)20-26/h1-20H,22-23H2. The van der Waals surface area contributed by atoms with Crippen LogP contribution in [0, 0.1) is 11.3 Å². The van der Waals surface area contributed by atoms with Gasteiger partial charge in [-0.25, -0.2) is 8.42 Å². The third-order valence-corrected chi connectivity index (χ3v) is 10.5. The van der Waals surface area contributed by atoms with Crippen molar-refractivity contribution in [1.29, 1.82) is 5.26 Å². The van der Waals surface area contributed by atoms with Gasteiger partial charge in [0.25, 0.3) is 0 Å². The first-order valence-corrected chi connectivity index (χ1v) is 16.6. The van der Waals surface area contributed by atoms with Gasteiger partial charge in [0.15, 0.2) is 9.84 Å². The Labute approximate surface area is 259 Å². The fourth-order valence-electron chi connectivity index (χ4n) is 6.98. The van der Waals surface area contributed by atoms with Crippen LogP contribution >= 0.6 is 0 Å². The lowest BCUT2D eigenvalue weighted by Gasteiger charge is -2.14. The summed E-state index contributed by atoms with van der Waals surface area (Å²) < 4.78 is 35.2. The number of nitriles is 1. The highest BCUT2D eigenvalue weighted by atomic mass is 32.2. The molecule has 9 rings (SSSR count). The molecule has 0 saturated carbocycles. The topological polar surface area (TPSA) is 76.0 Å². The summed E-state index contributed by atoms with van der Waals surface area (Å²) >= 11 is 0. The van der Waals surface area contributed by atoms with E-state index in [9.17, 15) is 13.7 Å². The molecule has 0 N–H and O–H groups in total. The van der Waals surface area contributed by atoms with E-state index in [0.717, 1.165) is 82.8 Å². The molecule has 0 spiro atoms. The summed E-state index contributed by atoms with van der Waals surface area (Å²) in [5.41, 5.74) is 10.6. The first kappa shape index (κ1) is 25.8.